The van der Waals surface area contributed by atoms with Crippen LogP contribution in [0.15, 0.2) is 0 Å². The Morgan fingerprint density at radius 2 is 0.950 bits per heavy atom. The summed E-state index contributed by atoms with van der Waals surface area (Å²) < 4.78 is 38.1. The minimum absolute atomic E-state index is 0.0729. The fraction of sp³-hybridized carbons (Fsp3) is 0.967. The van der Waals surface area contributed by atoms with E-state index >= 15 is 0 Å². The number of alkyl halides is 3. The standard InChI is InChI=1S/C11H22N2O.C10H19F3N2.C9H20N2/c1-9(14)10-8-13(11(2,3)4)7-6-12(10)5;1-9(2,3)15-6-5-14(4)8(7-15)10(11,12)13;1-9(2,3)11-7-5-10(4)6-8-11/h10H,6-8H2,1-5H3;8H,5-7H2,1-4H3;5-8H2,1-4H3. The first kappa shape index (κ1) is 37.2. The van der Waals surface area contributed by atoms with Crippen LogP contribution in [0.1, 0.15) is 69.2 Å². The van der Waals surface area contributed by atoms with Crippen molar-refractivity contribution >= 4 is 5.78 Å². The molecule has 3 heterocycles. The number of carbonyl (C=O) groups excluding carboxylic acids is 1. The van der Waals surface area contributed by atoms with Crippen molar-refractivity contribution in [2.75, 3.05) is 86.6 Å². The molecule has 3 fully saturated rings. The van der Waals surface area contributed by atoms with E-state index in [-0.39, 0.29) is 29.4 Å². The molecular weight excluding hydrogens is 517 g/mol. The van der Waals surface area contributed by atoms with E-state index in [2.05, 4.69) is 68.2 Å². The number of ketones is 1. The van der Waals surface area contributed by atoms with Gasteiger partial charge in [-0.25, -0.2) is 0 Å². The molecule has 3 rings (SSSR count). The highest BCUT2D eigenvalue weighted by Crippen LogP contribution is 2.29. The van der Waals surface area contributed by atoms with Gasteiger partial charge in [-0.05, 0) is 90.4 Å². The van der Waals surface area contributed by atoms with Crippen molar-refractivity contribution in [3.8, 4) is 0 Å². The minimum atomic E-state index is -4.13. The number of carbonyl (C=O) groups is 1. The molecule has 10 heteroatoms. The van der Waals surface area contributed by atoms with Crippen molar-refractivity contribution in [1.82, 2.24) is 29.4 Å². The van der Waals surface area contributed by atoms with Gasteiger partial charge in [0.25, 0.3) is 0 Å². The van der Waals surface area contributed by atoms with Gasteiger partial charge in [0.1, 0.15) is 11.8 Å². The van der Waals surface area contributed by atoms with Gasteiger partial charge in [-0.15, -0.1) is 0 Å². The van der Waals surface area contributed by atoms with Crippen LogP contribution in [0.3, 0.4) is 0 Å². The van der Waals surface area contributed by atoms with E-state index in [1.54, 1.807) is 6.92 Å². The zero-order chi connectivity index (χ0) is 31.3. The average molecular weight is 579 g/mol. The molecular formula is C30H61F3N6O. The fourth-order valence-electron chi connectivity index (χ4n) is 5.24. The number of likely N-dealkylation sites (N-methyl/N-ethyl adjacent to an activating group) is 3. The van der Waals surface area contributed by atoms with E-state index in [1.165, 1.54) is 38.1 Å². The molecule has 0 aliphatic carbocycles. The lowest BCUT2D eigenvalue weighted by molar-refractivity contribution is -0.197. The van der Waals surface area contributed by atoms with Crippen LogP contribution < -0.4 is 0 Å². The Morgan fingerprint density at radius 1 is 0.575 bits per heavy atom. The van der Waals surface area contributed by atoms with Crippen molar-refractivity contribution in [3.63, 3.8) is 0 Å². The second-order valence-electron chi connectivity index (χ2n) is 14.8. The molecule has 0 N–H and O–H groups in total. The Balaban J connectivity index is 0.000000304. The first-order chi connectivity index (χ1) is 17.9. The first-order valence-electron chi connectivity index (χ1n) is 14.9. The molecule has 0 amide bonds. The lowest BCUT2D eigenvalue weighted by atomic mass is 10.0. The minimum Gasteiger partial charge on any atom is -0.304 e. The van der Waals surface area contributed by atoms with E-state index in [4.69, 9.17) is 0 Å². The maximum absolute atomic E-state index is 12.7. The van der Waals surface area contributed by atoms with Gasteiger partial charge in [0, 0.05) is 82.1 Å². The zero-order valence-electron chi connectivity index (χ0n) is 28.0. The molecule has 40 heavy (non-hydrogen) atoms. The summed E-state index contributed by atoms with van der Waals surface area (Å²) in [7, 11) is 5.77. The molecule has 3 saturated heterocycles. The van der Waals surface area contributed by atoms with Crippen molar-refractivity contribution in [1.29, 1.82) is 0 Å². The predicted molar refractivity (Wildman–Crippen MR) is 161 cm³/mol. The zero-order valence-corrected chi connectivity index (χ0v) is 28.0. The highest BCUT2D eigenvalue weighted by atomic mass is 19.4. The van der Waals surface area contributed by atoms with Gasteiger partial charge >= 0.3 is 6.18 Å². The molecule has 0 radical (unpaired) electrons. The van der Waals surface area contributed by atoms with Crippen molar-refractivity contribution < 1.29 is 18.0 Å². The Morgan fingerprint density at radius 3 is 1.32 bits per heavy atom. The van der Waals surface area contributed by atoms with Crippen LogP contribution in [0.5, 0.6) is 0 Å². The third-order valence-corrected chi connectivity index (χ3v) is 8.49. The van der Waals surface area contributed by atoms with Gasteiger partial charge in [0.15, 0.2) is 0 Å². The summed E-state index contributed by atoms with van der Waals surface area (Å²) in [6, 6.07) is -1.24. The van der Waals surface area contributed by atoms with E-state index in [9.17, 15) is 18.0 Å². The highest BCUT2D eigenvalue weighted by Gasteiger charge is 2.46. The molecule has 0 aromatic carbocycles. The third-order valence-electron chi connectivity index (χ3n) is 8.49. The van der Waals surface area contributed by atoms with Crippen LogP contribution >= 0.6 is 0 Å². The molecule has 7 nitrogen and oxygen atoms in total. The molecule has 3 aliphatic rings. The Hall–Kier alpha value is -0.780. The number of piperazine rings is 3. The number of hydrogen-bond acceptors (Lipinski definition) is 7. The molecule has 2 unspecified atom stereocenters. The molecule has 0 bridgehead atoms. The SMILES string of the molecule is CC(=O)C1CN(C(C)(C)C)CCN1C.CN1CCN(C(C)(C)C)CC1.CN1CCN(C(C)(C)C)CC1C(F)(F)F. The van der Waals surface area contributed by atoms with Crippen molar-refractivity contribution in [2.45, 2.75) is 104 Å². The second kappa shape index (κ2) is 14.6. The number of rotatable bonds is 1. The van der Waals surface area contributed by atoms with Crippen molar-refractivity contribution in [2.24, 2.45) is 0 Å². The molecule has 0 spiro atoms. The van der Waals surface area contributed by atoms with Crippen LogP contribution in [0.2, 0.25) is 0 Å². The lowest BCUT2D eigenvalue weighted by Crippen LogP contribution is -2.61. The van der Waals surface area contributed by atoms with E-state index in [1.807, 2.05) is 32.7 Å². The van der Waals surface area contributed by atoms with Crippen LogP contribution in [0, 0.1) is 0 Å². The maximum Gasteiger partial charge on any atom is 0.405 e. The lowest BCUT2D eigenvalue weighted by Gasteiger charge is -2.45. The Kier molecular flexibility index (Phi) is 13.6. The second-order valence-corrected chi connectivity index (χ2v) is 14.8. The van der Waals surface area contributed by atoms with Crippen LogP contribution in [0.25, 0.3) is 0 Å². The van der Waals surface area contributed by atoms with Gasteiger partial charge in [0.2, 0.25) is 0 Å². The molecule has 238 valence electrons. The van der Waals surface area contributed by atoms with Gasteiger partial charge in [-0.2, -0.15) is 13.2 Å². The number of nitrogens with zero attached hydrogens (tertiary/aromatic N) is 6. The van der Waals surface area contributed by atoms with Crippen LogP contribution in [0.4, 0.5) is 13.2 Å². The number of halogens is 3. The van der Waals surface area contributed by atoms with Crippen molar-refractivity contribution in [3.05, 3.63) is 0 Å². The Bertz CT molecular complexity index is 763. The summed E-state index contributed by atoms with van der Waals surface area (Å²) in [6.45, 7) is 30.1. The quantitative estimate of drug-likeness (QED) is 0.466. The summed E-state index contributed by atoms with van der Waals surface area (Å²) in [5.41, 5.74) is 0.348. The van der Waals surface area contributed by atoms with Crippen LogP contribution in [-0.2, 0) is 4.79 Å². The fourth-order valence-corrected chi connectivity index (χ4v) is 5.24. The molecule has 0 aromatic rings. The van der Waals surface area contributed by atoms with E-state index in [0.29, 0.717) is 18.6 Å². The number of Topliss-reactive ketones (excluding diaryl/α,β-unsaturated/α-hetero) is 1. The summed E-state index contributed by atoms with van der Waals surface area (Å²) in [5.74, 6) is 0.279. The van der Waals surface area contributed by atoms with Gasteiger partial charge in [-0.3, -0.25) is 29.3 Å². The molecule has 0 saturated carbocycles. The van der Waals surface area contributed by atoms with Gasteiger partial charge in [0.05, 0.1) is 6.04 Å². The summed E-state index contributed by atoms with van der Waals surface area (Å²) >= 11 is 0. The summed E-state index contributed by atoms with van der Waals surface area (Å²) in [4.78, 5) is 24.2. The van der Waals surface area contributed by atoms with Gasteiger partial charge in [-0.1, -0.05) is 0 Å². The topological polar surface area (TPSA) is 36.5 Å². The van der Waals surface area contributed by atoms with Gasteiger partial charge < -0.3 is 4.90 Å². The third kappa shape index (κ3) is 12.2. The molecule has 2 atom stereocenters. The van der Waals surface area contributed by atoms with E-state index < -0.39 is 12.2 Å². The largest absolute Gasteiger partial charge is 0.405 e. The van der Waals surface area contributed by atoms with E-state index in [0.717, 1.165) is 19.6 Å². The normalized spacial score (nSPS) is 26.0. The van der Waals surface area contributed by atoms with Crippen LogP contribution in [-0.4, -0.2) is 157 Å². The number of hydrogen-bond donors (Lipinski definition) is 0. The summed E-state index contributed by atoms with van der Waals surface area (Å²) in [5, 5.41) is 0. The molecule has 3 aliphatic heterocycles. The Labute approximate surface area is 244 Å². The predicted octanol–water partition coefficient (Wildman–Crippen LogP) is 3.99. The first-order valence-corrected chi connectivity index (χ1v) is 14.9. The molecule has 0 aromatic heterocycles. The highest BCUT2D eigenvalue weighted by molar-refractivity contribution is 5.81. The smallest absolute Gasteiger partial charge is 0.304 e. The average Bonchev–Trinajstić information content (AvgIpc) is 2.77. The monoisotopic (exact) mass is 578 g/mol. The maximum atomic E-state index is 12.7. The summed E-state index contributed by atoms with van der Waals surface area (Å²) in [6.07, 6.45) is -4.13.